The molecule has 0 saturated heterocycles. The summed E-state index contributed by atoms with van der Waals surface area (Å²) in [4.78, 5) is 4.05. The fraction of sp³-hybridized carbons (Fsp3) is 0.182. The zero-order valence-electron chi connectivity index (χ0n) is 8.74. The number of nitrogens with one attached hydrogen (secondary N) is 1. The Labute approximate surface area is 91.7 Å². The first kappa shape index (κ1) is 10.6. The SMILES string of the molecule is CCn1ccnc1Nc1cc(F)cc(F)c1. The van der Waals surface area contributed by atoms with Gasteiger partial charge in [0.25, 0.3) is 0 Å². The number of nitrogens with zero attached hydrogens (tertiary/aromatic N) is 2. The molecule has 0 saturated carbocycles. The fourth-order valence-corrected chi connectivity index (χ4v) is 1.44. The molecule has 0 fully saturated rings. The highest BCUT2D eigenvalue weighted by Crippen LogP contribution is 2.17. The molecule has 2 rings (SSSR count). The minimum absolute atomic E-state index is 0.346. The van der Waals surface area contributed by atoms with Gasteiger partial charge in [-0.2, -0.15) is 0 Å². The Hall–Kier alpha value is -1.91. The van der Waals surface area contributed by atoms with Crippen LogP contribution in [-0.4, -0.2) is 9.55 Å². The molecule has 1 N–H and O–H groups in total. The molecule has 1 aromatic heterocycles. The Bertz CT molecular complexity index is 473. The average Bonchev–Trinajstić information content (AvgIpc) is 2.63. The van der Waals surface area contributed by atoms with Crippen LogP contribution >= 0.6 is 0 Å². The molecule has 2 aromatic rings. The van der Waals surface area contributed by atoms with Gasteiger partial charge >= 0.3 is 0 Å². The molecule has 84 valence electrons. The summed E-state index contributed by atoms with van der Waals surface area (Å²) in [5.74, 6) is -0.665. The Morgan fingerprint density at radius 2 is 1.94 bits per heavy atom. The lowest BCUT2D eigenvalue weighted by molar-refractivity contribution is 0.584. The van der Waals surface area contributed by atoms with Crippen LogP contribution in [0.5, 0.6) is 0 Å². The summed E-state index contributed by atoms with van der Waals surface area (Å²) in [6.45, 7) is 2.69. The van der Waals surface area contributed by atoms with E-state index in [-0.39, 0.29) is 0 Å². The first-order valence-electron chi connectivity index (χ1n) is 4.93. The van der Waals surface area contributed by atoms with Crippen LogP contribution in [0, 0.1) is 11.6 Å². The van der Waals surface area contributed by atoms with E-state index in [2.05, 4.69) is 10.3 Å². The molecular formula is C11H11F2N3. The van der Waals surface area contributed by atoms with E-state index in [1.807, 2.05) is 11.5 Å². The Balaban J connectivity index is 2.26. The normalized spacial score (nSPS) is 10.4. The molecular weight excluding hydrogens is 212 g/mol. The molecule has 3 nitrogen and oxygen atoms in total. The lowest BCUT2D eigenvalue weighted by Gasteiger charge is -2.07. The van der Waals surface area contributed by atoms with Crippen molar-refractivity contribution in [1.82, 2.24) is 9.55 Å². The van der Waals surface area contributed by atoms with Gasteiger partial charge in [-0.05, 0) is 19.1 Å². The van der Waals surface area contributed by atoms with Crippen molar-refractivity contribution < 1.29 is 8.78 Å². The summed E-state index contributed by atoms with van der Waals surface area (Å²) < 4.78 is 27.7. The van der Waals surface area contributed by atoms with E-state index < -0.39 is 11.6 Å². The molecule has 16 heavy (non-hydrogen) atoms. The van der Waals surface area contributed by atoms with Crippen LogP contribution in [0.4, 0.5) is 20.4 Å². The summed E-state index contributed by atoms with van der Waals surface area (Å²) in [5, 5.41) is 2.86. The van der Waals surface area contributed by atoms with Crippen LogP contribution in [-0.2, 0) is 6.54 Å². The number of halogens is 2. The largest absolute Gasteiger partial charge is 0.325 e. The van der Waals surface area contributed by atoms with Crippen LogP contribution < -0.4 is 5.32 Å². The highest BCUT2D eigenvalue weighted by atomic mass is 19.1. The molecule has 1 heterocycles. The van der Waals surface area contributed by atoms with Crippen molar-refractivity contribution in [3.63, 3.8) is 0 Å². The van der Waals surface area contributed by atoms with E-state index in [4.69, 9.17) is 0 Å². The van der Waals surface area contributed by atoms with Crippen molar-refractivity contribution in [3.05, 3.63) is 42.2 Å². The van der Waals surface area contributed by atoms with Gasteiger partial charge in [0.05, 0.1) is 0 Å². The van der Waals surface area contributed by atoms with E-state index in [9.17, 15) is 8.78 Å². The van der Waals surface area contributed by atoms with Crippen molar-refractivity contribution in [2.24, 2.45) is 0 Å². The third kappa shape index (κ3) is 2.18. The molecule has 0 spiro atoms. The van der Waals surface area contributed by atoms with Gasteiger partial charge in [-0.3, -0.25) is 0 Å². The monoisotopic (exact) mass is 223 g/mol. The highest BCUT2D eigenvalue weighted by Gasteiger charge is 2.04. The molecule has 0 radical (unpaired) electrons. The first-order valence-corrected chi connectivity index (χ1v) is 4.93. The number of hydrogen-bond donors (Lipinski definition) is 1. The van der Waals surface area contributed by atoms with Gasteiger partial charge in [-0.25, -0.2) is 13.8 Å². The number of imidazole rings is 1. The topological polar surface area (TPSA) is 29.9 Å². The third-order valence-electron chi connectivity index (χ3n) is 2.17. The lowest BCUT2D eigenvalue weighted by atomic mass is 10.3. The Morgan fingerprint density at radius 1 is 1.25 bits per heavy atom. The quantitative estimate of drug-likeness (QED) is 0.867. The van der Waals surface area contributed by atoms with Gasteiger partial charge < -0.3 is 9.88 Å². The van der Waals surface area contributed by atoms with Gasteiger partial charge in [-0.1, -0.05) is 0 Å². The predicted molar refractivity (Wildman–Crippen MR) is 57.5 cm³/mol. The van der Waals surface area contributed by atoms with E-state index >= 15 is 0 Å². The second kappa shape index (κ2) is 4.30. The second-order valence-corrected chi connectivity index (χ2v) is 3.32. The average molecular weight is 223 g/mol. The molecule has 0 bridgehead atoms. The molecule has 0 aliphatic carbocycles. The van der Waals surface area contributed by atoms with Crippen LogP contribution in [0.25, 0.3) is 0 Å². The molecule has 0 amide bonds. The first-order chi connectivity index (χ1) is 7.69. The maximum absolute atomic E-state index is 12.9. The van der Waals surface area contributed by atoms with E-state index in [0.29, 0.717) is 11.6 Å². The van der Waals surface area contributed by atoms with Gasteiger partial charge in [0.1, 0.15) is 11.6 Å². The lowest BCUT2D eigenvalue weighted by Crippen LogP contribution is -2.01. The second-order valence-electron chi connectivity index (χ2n) is 3.32. The van der Waals surface area contributed by atoms with Gasteiger partial charge in [0.15, 0.2) is 0 Å². The molecule has 0 aliphatic rings. The van der Waals surface area contributed by atoms with Crippen LogP contribution in [0.2, 0.25) is 0 Å². The number of benzene rings is 1. The zero-order chi connectivity index (χ0) is 11.5. The fourth-order valence-electron chi connectivity index (χ4n) is 1.44. The molecule has 5 heteroatoms. The number of aromatic nitrogens is 2. The summed E-state index contributed by atoms with van der Waals surface area (Å²) >= 11 is 0. The Morgan fingerprint density at radius 3 is 2.56 bits per heavy atom. The van der Waals surface area contributed by atoms with Crippen molar-refractivity contribution in [2.75, 3.05) is 5.32 Å². The number of hydrogen-bond acceptors (Lipinski definition) is 2. The van der Waals surface area contributed by atoms with Gasteiger partial charge in [-0.15, -0.1) is 0 Å². The number of rotatable bonds is 3. The minimum atomic E-state index is -0.614. The number of aryl methyl sites for hydroxylation is 1. The van der Waals surface area contributed by atoms with Gasteiger partial charge in [0.2, 0.25) is 5.95 Å². The summed E-state index contributed by atoms with van der Waals surface area (Å²) in [6.07, 6.45) is 3.42. The van der Waals surface area contributed by atoms with Crippen LogP contribution in [0.1, 0.15) is 6.92 Å². The van der Waals surface area contributed by atoms with Crippen molar-refractivity contribution in [3.8, 4) is 0 Å². The minimum Gasteiger partial charge on any atom is -0.325 e. The van der Waals surface area contributed by atoms with Crippen molar-refractivity contribution >= 4 is 11.6 Å². The Kier molecular flexibility index (Phi) is 2.85. The molecule has 0 unspecified atom stereocenters. The van der Waals surface area contributed by atoms with Crippen LogP contribution in [0.15, 0.2) is 30.6 Å². The standard InChI is InChI=1S/C11H11F2N3/c1-2-16-4-3-14-11(16)15-10-6-8(12)5-9(13)7-10/h3-7H,2H2,1H3,(H,14,15). The van der Waals surface area contributed by atoms with Crippen molar-refractivity contribution in [2.45, 2.75) is 13.5 Å². The summed E-state index contributed by atoms with van der Waals surface area (Å²) in [7, 11) is 0. The maximum atomic E-state index is 12.9. The highest BCUT2D eigenvalue weighted by molar-refractivity contribution is 5.53. The molecule has 0 aliphatic heterocycles. The van der Waals surface area contributed by atoms with Crippen molar-refractivity contribution in [1.29, 1.82) is 0 Å². The summed E-state index contributed by atoms with van der Waals surface area (Å²) in [5.41, 5.74) is 0.346. The predicted octanol–water partition coefficient (Wildman–Crippen LogP) is 2.92. The third-order valence-corrected chi connectivity index (χ3v) is 2.17. The van der Waals surface area contributed by atoms with Crippen LogP contribution in [0.3, 0.4) is 0 Å². The zero-order valence-corrected chi connectivity index (χ0v) is 8.74. The number of anilines is 2. The van der Waals surface area contributed by atoms with E-state index in [1.54, 1.807) is 12.4 Å². The smallest absolute Gasteiger partial charge is 0.207 e. The molecule has 1 aromatic carbocycles. The maximum Gasteiger partial charge on any atom is 0.207 e. The van der Waals surface area contributed by atoms with Gasteiger partial charge in [0, 0.05) is 30.7 Å². The summed E-state index contributed by atoms with van der Waals surface area (Å²) in [6, 6.07) is 3.27. The van der Waals surface area contributed by atoms with E-state index in [0.717, 1.165) is 12.6 Å². The van der Waals surface area contributed by atoms with E-state index in [1.165, 1.54) is 12.1 Å². The molecule has 0 atom stereocenters.